The molecule has 1 unspecified atom stereocenters. The number of hydrogen-bond donors (Lipinski definition) is 2. The first-order valence-corrected chi connectivity index (χ1v) is 7.33. The number of H-pyrrole nitrogens is 1. The molecule has 0 aliphatic heterocycles. The summed E-state index contributed by atoms with van der Waals surface area (Å²) in [6, 6.07) is 4.87. The highest BCUT2D eigenvalue weighted by Gasteiger charge is 2.21. The maximum absolute atomic E-state index is 12.3. The van der Waals surface area contributed by atoms with E-state index in [1.807, 2.05) is 13.0 Å². The summed E-state index contributed by atoms with van der Waals surface area (Å²) < 4.78 is 27.3. The van der Waals surface area contributed by atoms with Crippen molar-refractivity contribution < 1.29 is 8.42 Å². The summed E-state index contributed by atoms with van der Waals surface area (Å²) in [6.07, 6.45) is 1.35. The second kappa shape index (κ2) is 5.10. The highest BCUT2D eigenvalue weighted by molar-refractivity contribution is 7.89. The second-order valence-electron chi connectivity index (χ2n) is 4.48. The van der Waals surface area contributed by atoms with Gasteiger partial charge in [0.25, 0.3) is 0 Å². The number of sulfonamides is 1. The summed E-state index contributed by atoms with van der Waals surface area (Å²) in [5.74, 6) is 0.480. The van der Waals surface area contributed by atoms with Gasteiger partial charge >= 0.3 is 0 Å². The number of aryl methyl sites for hydroxylation is 2. The Bertz CT molecular complexity index is 665. The van der Waals surface area contributed by atoms with Gasteiger partial charge in [0.2, 0.25) is 10.0 Å². The van der Waals surface area contributed by atoms with Gasteiger partial charge in [-0.15, -0.1) is 0 Å². The van der Waals surface area contributed by atoms with Crippen LogP contribution in [0.15, 0.2) is 29.4 Å². The van der Waals surface area contributed by atoms with Crippen LogP contribution in [0.2, 0.25) is 0 Å². The van der Waals surface area contributed by atoms with Crippen LogP contribution >= 0.6 is 0 Å². The Morgan fingerprint density at radius 3 is 2.68 bits per heavy atom. The summed E-state index contributed by atoms with van der Waals surface area (Å²) in [5, 5.41) is 6.36. The molecule has 7 heteroatoms. The van der Waals surface area contributed by atoms with E-state index in [0.29, 0.717) is 16.3 Å². The van der Waals surface area contributed by atoms with Crippen molar-refractivity contribution in [3.8, 4) is 0 Å². The normalized spacial score (nSPS) is 13.4. The number of aromatic nitrogens is 3. The Hall–Kier alpha value is -1.73. The Labute approximate surface area is 112 Å². The molecule has 2 rings (SSSR count). The van der Waals surface area contributed by atoms with Crippen molar-refractivity contribution in [1.82, 2.24) is 19.9 Å². The van der Waals surface area contributed by atoms with Gasteiger partial charge in [0.1, 0.15) is 12.2 Å². The van der Waals surface area contributed by atoms with Gasteiger partial charge in [0, 0.05) is 0 Å². The third kappa shape index (κ3) is 2.99. The first kappa shape index (κ1) is 13.7. The van der Waals surface area contributed by atoms with Crippen molar-refractivity contribution in [2.24, 2.45) is 0 Å². The van der Waals surface area contributed by atoms with E-state index in [0.717, 1.165) is 5.56 Å². The van der Waals surface area contributed by atoms with Gasteiger partial charge in [0.15, 0.2) is 0 Å². The van der Waals surface area contributed by atoms with Crippen LogP contribution in [0.5, 0.6) is 0 Å². The summed E-state index contributed by atoms with van der Waals surface area (Å²) in [7, 11) is -3.58. The lowest BCUT2D eigenvalue weighted by Gasteiger charge is -2.13. The topological polar surface area (TPSA) is 87.7 Å². The van der Waals surface area contributed by atoms with Gasteiger partial charge in [0.05, 0.1) is 10.9 Å². The fourth-order valence-corrected chi connectivity index (χ4v) is 3.31. The van der Waals surface area contributed by atoms with Gasteiger partial charge in [-0.25, -0.2) is 18.1 Å². The third-order valence-corrected chi connectivity index (χ3v) is 4.49. The van der Waals surface area contributed by atoms with Gasteiger partial charge in [-0.3, -0.25) is 5.10 Å². The van der Waals surface area contributed by atoms with Crippen LogP contribution in [-0.4, -0.2) is 23.6 Å². The molecule has 0 saturated heterocycles. The largest absolute Gasteiger partial charge is 0.262 e. The fourth-order valence-electron chi connectivity index (χ4n) is 1.77. The van der Waals surface area contributed by atoms with Crippen molar-refractivity contribution >= 4 is 10.0 Å². The standard InChI is InChI=1S/C12H16N4O2S/c1-8-4-5-9(2)11(6-8)19(17,18)16-10(3)12-13-7-14-15-12/h4-7,10,16H,1-3H3,(H,13,14,15). The molecule has 2 aromatic rings. The van der Waals surface area contributed by atoms with Crippen LogP contribution in [0.3, 0.4) is 0 Å². The molecule has 1 atom stereocenters. The zero-order chi connectivity index (χ0) is 14.0. The van der Waals surface area contributed by atoms with Crippen LogP contribution in [0, 0.1) is 13.8 Å². The Morgan fingerprint density at radius 1 is 1.32 bits per heavy atom. The number of nitrogens with zero attached hydrogens (tertiary/aromatic N) is 2. The average Bonchev–Trinajstić information content (AvgIpc) is 2.85. The van der Waals surface area contributed by atoms with Crippen LogP contribution < -0.4 is 4.72 Å². The zero-order valence-corrected chi connectivity index (χ0v) is 11.8. The van der Waals surface area contributed by atoms with Crippen molar-refractivity contribution in [1.29, 1.82) is 0 Å². The molecular formula is C12H16N4O2S. The Balaban J connectivity index is 2.30. The minimum absolute atomic E-state index is 0.291. The minimum atomic E-state index is -3.58. The quantitative estimate of drug-likeness (QED) is 0.887. The lowest BCUT2D eigenvalue weighted by Crippen LogP contribution is -2.28. The average molecular weight is 280 g/mol. The van der Waals surface area contributed by atoms with E-state index in [9.17, 15) is 8.42 Å². The van der Waals surface area contributed by atoms with E-state index >= 15 is 0 Å². The van der Waals surface area contributed by atoms with Crippen LogP contribution in [0.1, 0.15) is 29.9 Å². The lowest BCUT2D eigenvalue weighted by molar-refractivity contribution is 0.559. The van der Waals surface area contributed by atoms with E-state index in [4.69, 9.17) is 0 Å². The first-order chi connectivity index (χ1) is 8.90. The van der Waals surface area contributed by atoms with E-state index in [-0.39, 0.29) is 0 Å². The highest BCUT2D eigenvalue weighted by atomic mass is 32.2. The molecule has 0 radical (unpaired) electrons. The Morgan fingerprint density at radius 2 is 2.05 bits per heavy atom. The molecule has 0 fully saturated rings. The maximum atomic E-state index is 12.3. The van der Waals surface area contributed by atoms with Crippen molar-refractivity contribution in [3.05, 3.63) is 41.5 Å². The van der Waals surface area contributed by atoms with E-state index in [1.54, 1.807) is 26.0 Å². The number of hydrogen-bond acceptors (Lipinski definition) is 4. The molecule has 1 aromatic carbocycles. The minimum Gasteiger partial charge on any atom is -0.262 e. The van der Waals surface area contributed by atoms with Crippen molar-refractivity contribution in [2.75, 3.05) is 0 Å². The molecular weight excluding hydrogens is 264 g/mol. The molecule has 0 spiro atoms. The number of aromatic amines is 1. The van der Waals surface area contributed by atoms with Crippen LogP contribution in [0.25, 0.3) is 0 Å². The number of benzene rings is 1. The molecule has 0 saturated carbocycles. The van der Waals surface area contributed by atoms with Crippen molar-refractivity contribution in [2.45, 2.75) is 31.7 Å². The highest BCUT2D eigenvalue weighted by Crippen LogP contribution is 2.19. The second-order valence-corrected chi connectivity index (χ2v) is 6.17. The molecule has 19 heavy (non-hydrogen) atoms. The van der Waals surface area contributed by atoms with E-state index in [1.165, 1.54) is 6.33 Å². The predicted octanol–water partition coefficient (Wildman–Crippen LogP) is 1.46. The summed E-state index contributed by atoms with van der Waals surface area (Å²) in [6.45, 7) is 5.34. The SMILES string of the molecule is Cc1ccc(C)c(S(=O)(=O)NC(C)c2ncn[nH]2)c1. The fraction of sp³-hybridized carbons (Fsp3) is 0.333. The molecule has 1 heterocycles. The van der Waals surface area contributed by atoms with Gasteiger partial charge in [-0.1, -0.05) is 12.1 Å². The lowest BCUT2D eigenvalue weighted by atomic mass is 10.2. The van der Waals surface area contributed by atoms with Crippen LogP contribution in [0.4, 0.5) is 0 Å². The molecule has 0 aliphatic carbocycles. The number of nitrogens with one attached hydrogen (secondary N) is 2. The monoisotopic (exact) mass is 280 g/mol. The maximum Gasteiger partial charge on any atom is 0.241 e. The summed E-state index contributed by atoms with van der Waals surface area (Å²) in [5.41, 5.74) is 1.61. The first-order valence-electron chi connectivity index (χ1n) is 5.85. The molecule has 0 bridgehead atoms. The zero-order valence-electron chi connectivity index (χ0n) is 11.0. The molecule has 0 amide bonds. The Kier molecular flexibility index (Phi) is 3.68. The molecule has 2 N–H and O–H groups in total. The molecule has 6 nitrogen and oxygen atoms in total. The molecule has 1 aromatic heterocycles. The van der Waals surface area contributed by atoms with Crippen molar-refractivity contribution in [3.63, 3.8) is 0 Å². The van der Waals surface area contributed by atoms with Gasteiger partial charge in [-0.05, 0) is 38.0 Å². The van der Waals surface area contributed by atoms with Gasteiger partial charge < -0.3 is 0 Å². The molecule has 0 aliphatic rings. The van der Waals surface area contributed by atoms with Gasteiger partial charge in [-0.2, -0.15) is 5.10 Å². The van der Waals surface area contributed by atoms with Crippen LogP contribution in [-0.2, 0) is 10.0 Å². The third-order valence-electron chi connectivity index (χ3n) is 2.81. The smallest absolute Gasteiger partial charge is 0.241 e. The predicted molar refractivity (Wildman–Crippen MR) is 71.0 cm³/mol. The molecule has 102 valence electrons. The summed E-state index contributed by atoms with van der Waals surface area (Å²) >= 11 is 0. The van der Waals surface area contributed by atoms with E-state index < -0.39 is 16.1 Å². The summed E-state index contributed by atoms with van der Waals surface area (Å²) in [4.78, 5) is 4.23. The van der Waals surface area contributed by atoms with E-state index in [2.05, 4.69) is 19.9 Å². The number of rotatable bonds is 4.